The summed E-state index contributed by atoms with van der Waals surface area (Å²) in [5, 5.41) is 10.4. The monoisotopic (exact) mass is 317 g/mol. The number of para-hydroxylation sites is 1. The smallest absolute Gasteiger partial charge is 0.272 e. The minimum atomic E-state index is -0.287. The third kappa shape index (κ3) is 2.89. The molecule has 0 aliphatic carbocycles. The summed E-state index contributed by atoms with van der Waals surface area (Å²) in [5.74, 6) is -0.0245. The van der Waals surface area contributed by atoms with Crippen molar-refractivity contribution in [3.63, 3.8) is 0 Å². The molecule has 0 atom stereocenters. The van der Waals surface area contributed by atoms with Gasteiger partial charge < -0.3 is 10.0 Å². The lowest BCUT2D eigenvalue weighted by molar-refractivity contribution is 0.0539. The van der Waals surface area contributed by atoms with Crippen LogP contribution < -0.4 is 0 Å². The highest BCUT2D eigenvalue weighted by Crippen LogP contribution is 2.23. The van der Waals surface area contributed by atoms with E-state index in [1.165, 1.54) is 11.8 Å². The van der Waals surface area contributed by atoms with Crippen molar-refractivity contribution in [3.05, 3.63) is 42.2 Å². The van der Waals surface area contributed by atoms with Crippen LogP contribution in [0, 0.1) is 0 Å². The van der Waals surface area contributed by atoms with Gasteiger partial charge in [0.2, 0.25) is 0 Å². The second kappa shape index (κ2) is 6.54. The van der Waals surface area contributed by atoms with Gasteiger partial charge in [0.05, 0.1) is 12.3 Å². The highest BCUT2D eigenvalue weighted by molar-refractivity contribution is 7.98. The summed E-state index contributed by atoms with van der Waals surface area (Å²) < 4.78 is 1.90. The van der Waals surface area contributed by atoms with Crippen LogP contribution in [0.4, 0.5) is 0 Å². The quantitative estimate of drug-likeness (QED) is 0.882. The lowest BCUT2D eigenvalue weighted by Gasteiger charge is -2.29. The Hall–Kier alpha value is -1.79. The molecule has 1 saturated heterocycles. The minimum absolute atomic E-state index is 0.0245. The topological polar surface area (TPSA) is 58.4 Å². The third-order valence-corrected chi connectivity index (χ3v) is 4.55. The molecule has 1 aromatic carbocycles. The Bertz CT molecular complexity index is 649. The molecule has 1 fully saturated rings. The van der Waals surface area contributed by atoms with Crippen molar-refractivity contribution in [1.82, 2.24) is 14.5 Å². The lowest BCUT2D eigenvalue weighted by Crippen LogP contribution is -2.40. The molecule has 1 aliphatic rings. The van der Waals surface area contributed by atoms with Gasteiger partial charge in [-0.15, -0.1) is 0 Å². The molecule has 0 radical (unpaired) electrons. The average molecular weight is 317 g/mol. The Kier molecular flexibility index (Phi) is 4.49. The van der Waals surface area contributed by atoms with E-state index in [2.05, 4.69) is 4.98 Å². The Labute approximate surface area is 134 Å². The van der Waals surface area contributed by atoms with Gasteiger partial charge >= 0.3 is 0 Å². The molecule has 2 aromatic rings. The fourth-order valence-corrected chi connectivity index (χ4v) is 3.23. The number of benzene rings is 1. The summed E-state index contributed by atoms with van der Waals surface area (Å²) >= 11 is 1.52. The number of thioether (sulfide) groups is 1. The molecule has 1 aliphatic heterocycles. The van der Waals surface area contributed by atoms with Gasteiger partial charge in [-0.05, 0) is 31.2 Å². The van der Waals surface area contributed by atoms with E-state index in [9.17, 15) is 9.90 Å². The minimum Gasteiger partial charge on any atom is -0.393 e. The van der Waals surface area contributed by atoms with E-state index in [1.54, 1.807) is 11.1 Å². The Balaban J connectivity index is 1.94. The molecular formula is C16H19N3O2S. The van der Waals surface area contributed by atoms with Crippen molar-refractivity contribution in [3.8, 4) is 5.69 Å². The highest BCUT2D eigenvalue weighted by atomic mass is 32.2. The predicted molar refractivity (Wildman–Crippen MR) is 86.5 cm³/mol. The van der Waals surface area contributed by atoms with Gasteiger partial charge in [-0.3, -0.25) is 9.36 Å². The number of amides is 1. The molecular weight excluding hydrogens is 298 g/mol. The van der Waals surface area contributed by atoms with E-state index in [0.717, 1.165) is 10.8 Å². The standard InChI is InChI=1S/C16H19N3O2S/c1-22-16-17-11-14(19(16)12-5-3-2-4-6-12)15(21)18-9-7-13(20)8-10-18/h2-6,11,13,20H,7-10H2,1H3. The predicted octanol–water partition coefficient (Wildman–Crippen LogP) is 2.19. The zero-order chi connectivity index (χ0) is 15.5. The summed E-state index contributed by atoms with van der Waals surface area (Å²) in [5.41, 5.74) is 1.51. The molecule has 1 aromatic heterocycles. The Morgan fingerprint density at radius 3 is 2.59 bits per heavy atom. The van der Waals surface area contributed by atoms with Crippen LogP contribution >= 0.6 is 11.8 Å². The van der Waals surface area contributed by atoms with Crippen molar-refractivity contribution in [2.24, 2.45) is 0 Å². The summed E-state index contributed by atoms with van der Waals surface area (Å²) in [7, 11) is 0. The zero-order valence-corrected chi connectivity index (χ0v) is 13.3. The van der Waals surface area contributed by atoms with E-state index >= 15 is 0 Å². The van der Waals surface area contributed by atoms with Crippen LogP contribution in [-0.4, -0.2) is 50.9 Å². The second-order valence-electron chi connectivity index (χ2n) is 5.32. The SMILES string of the molecule is CSc1ncc(C(=O)N2CCC(O)CC2)n1-c1ccccc1. The fraction of sp³-hybridized carbons (Fsp3) is 0.375. The number of nitrogens with zero attached hydrogens (tertiary/aromatic N) is 3. The number of carbonyl (C=O) groups excluding carboxylic acids is 1. The fourth-order valence-electron chi connectivity index (χ4n) is 2.69. The Morgan fingerprint density at radius 2 is 1.95 bits per heavy atom. The van der Waals surface area contributed by atoms with E-state index in [4.69, 9.17) is 0 Å². The molecule has 5 nitrogen and oxygen atoms in total. The van der Waals surface area contributed by atoms with Gasteiger partial charge in [0.1, 0.15) is 5.69 Å². The van der Waals surface area contributed by atoms with Crippen LogP contribution in [0.25, 0.3) is 5.69 Å². The number of aromatic nitrogens is 2. The number of piperidine rings is 1. The summed E-state index contributed by atoms with van der Waals surface area (Å²) in [6.45, 7) is 1.18. The number of likely N-dealkylation sites (tertiary alicyclic amines) is 1. The van der Waals surface area contributed by atoms with Gasteiger partial charge in [-0.1, -0.05) is 30.0 Å². The maximum atomic E-state index is 12.8. The number of hydrogen-bond acceptors (Lipinski definition) is 4. The number of aliphatic hydroxyl groups is 1. The molecule has 2 heterocycles. The highest BCUT2D eigenvalue weighted by Gasteiger charge is 2.26. The lowest BCUT2D eigenvalue weighted by atomic mass is 10.1. The molecule has 0 unspecified atom stereocenters. The maximum absolute atomic E-state index is 12.8. The number of hydrogen-bond donors (Lipinski definition) is 1. The Morgan fingerprint density at radius 1 is 1.27 bits per heavy atom. The second-order valence-corrected chi connectivity index (χ2v) is 6.10. The molecule has 6 heteroatoms. The summed E-state index contributed by atoms with van der Waals surface area (Å²) in [4.78, 5) is 19.0. The normalized spacial score (nSPS) is 16.0. The molecule has 0 spiro atoms. The summed E-state index contributed by atoms with van der Waals surface area (Å²) in [6, 6.07) is 9.79. The first kappa shape index (κ1) is 15.1. The van der Waals surface area contributed by atoms with Crippen molar-refractivity contribution >= 4 is 17.7 Å². The van der Waals surface area contributed by atoms with Crippen molar-refractivity contribution in [2.45, 2.75) is 24.1 Å². The molecule has 22 heavy (non-hydrogen) atoms. The van der Waals surface area contributed by atoms with Crippen LogP contribution in [0.15, 0.2) is 41.7 Å². The number of rotatable bonds is 3. The number of carbonyl (C=O) groups is 1. The molecule has 116 valence electrons. The van der Waals surface area contributed by atoms with E-state index in [1.807, 2.05) is 41.2 Å². The summed E-state index contributed by atoms with van der Waals surface area (Å²) in [6.07, 6.45) is 4.59. The van der Waals surface area contributed by atoms with Crippen LogP contribution in [-0.2, 0) is 0 Å². The molecule has 1 amide bonds. The maximum Gasteiger partial charge on any atom is 0.272 e. The third-order valence-electron chi connectivity index (χ3n) is 3.90. The van der Waals surface area contributed by atoms with Crippen molar-refractivity contribution in [2.75, 3.05) is 19.3 Å². The van der Waals surface area contributed by atoms with Gasteiger partial charge in [-0.25, -0.2) is 4.98 Å². The van der Waals surface area contributed by atoms with Gasteiger partial charge in [0.15, 0.2) is 5.16 Å². The van der Waals surface area contributed by atoms with E-state index in [-0.39, 0.29) is 12.0 Å². The van der Waals surface area contributed by atoms with Gasteiger partial charge in [0.25, 0.3) is 5.91 Å². The molecule has 1 N–H and O–H groups in total. The zero-order valence-electron chi connectivity index (χ0n) is 12.5. The van der Waals surface area contributed by atoms with E-state index in [0.29, 0.717) is 31.6 Å². The first-order valence-electron chi connectivity index (χ1n) is 7.35. The van der Waals surface area contributed by atoms with Gasteiger partial charge in [-0.2, -0.15) is 0 Å². The number of imidazole rings is 1. The van der Waals surface area contributed by atoms with E-state index < -0.39 is 0 Å². The molecule has 0 saturated carbocycles. The molecule has 0 bridgehead atoms. The largest absolute Gasteiger partial charge is 0.393 e. The first-order valence-corrected chi connectivity index (χ1v) is 8.57. The molecule has 3 rings (SSSR count). The van der Waals surface area contributed by atoms with Crippen molar-refractivity contribution in [1.29, 1.82) is 0 Å². The first-order chi connectivity index (χ1) is 10.7. The van der Waals surface area contributed by atoms with Crippen LogP contribution in [0.3, 0.4) is 0 Å². The number of aliphatic hydroxyl groups excluding tert-OH is 1. The van der Waals surface area contributed by atoms with Crippen LogP contribution in [0.1, 0.15) is 23.3 Å². The van der Waals surface area contributed by atoms with Crippen molar-refractivity contribution < 1.29 is 9.90 Å². The van der Waals surface area contributed by atoms with Crippen LogP contribution in [0.2, 0.25) is 0 Å². The van der Waals surface area contributed by atoms with Gasteiger partial charge in [0, 0.05) is 18.8 Å². The average Bonchev–Trinajstić information content (AvgIpc) is 2.99. The van der Waals surface area contributed by atoms with Crippen LogP contribution in [0.5, 0.6) is 0 Å².